The van der Waals surface area contributed by atoms with Crippen LogP contribution in [-0.2, 0) is 0 Å². The fourth-order valence-electron chi connectivity index (χ4n) is 1.24. The summed E-state index contributed by atoms with van der Waals surface area (Å²) < 4.78 is 5.55. The van der Waals surface area contributed by atoms with Crippen LogP contribution in [0.4, 0.5) is 0 Å². The van der Waals surface area contributed by atoms with Crippen molar-refractivity contribution in [3.63, 3.8) is 0 Å². The number of para-hydroxylation sites is 1. The lowest BCUT2D eigenvalue weighted by Crippen LogP contribution is -1.96. The standard InChI is InChI=1S/C12H18O.BH2O2/c1-2-3-4-8-11-13-12-9-6-5-7-10-12;2-1-3/h5-7,9-10H,2-4,8,11H2,1H3;2-3H. The second-order valence-electron chi connectivity index (χ2n) is 3.34. The molecule has 0 aromatic heterocycles. The van der Waals surface area contributed by atoms with Crippen molar-refractivity contribution < 1.29 is 14.8 Å². The molecule has 0 unspecified atom stereocenters. The predicted octanol–water partition coefficient (Wildman–Crippen LogP) is 2.15. The first-order chi connectivity index (χ1) is 7.85. The maximum Gasteiger partial charge on any atom is 0.482 e. The van der Waals surface area contributed by atoms with Crippen LogP contribution in [0.25, 0.3) is 0 Å². The van der Waals surface area contributed by atoms with Gasteiger partial charge in [0.1, 0.15) is 5.75 Å². The van der Waals surface area contributed by atoms with Crippen molar-refractivity contribution in [2.24, 2.45) is 0 Å². The lowest BCUT2D eigenvalue weighted by molar-refractivity contribution is 0.305. The molecule has 89 valence electrons. The van der Waals surface area contributed by atoms with Crippen LogP contribution in [-0.4, -0.2) is 24.3 Å². The Morgan fingerprint density at radius 2 is 1.69 bits per heavy atom. The van der Waals surface area contributed by atoms with Gasteiger partial charge in [-0.1, -0.05) is 44.4 Å². The number of rotatable bonds is 6. The lowest BCUT2D eigenvalue weighted by Gasteiger charge is -2.04. The van der Waals surface area contributed by atoms with Crippen molar-refractivity contribution in [2.75, 3.05) is 6.61 Å². The van der Waals surface area contributed by atoms with E-state index in [0.717, 1.165) is 12.4 Å². The van der Waals surface area contributed by atoms with Gasteiger partial charge in [0.25, 0.3) is 0 Å². The molecule has 0 saturated carbocycles. The van der Waals surface area contributed by atoms with Crippen molar-refractivity contribution in [3.05, 3.63) is 30.3 Å². The molecule has 16 heavy (non-hydrogen) atoms. The quantitative estimate of drug-likeness (QED) is 0.573. The Morgan fingerprint density at radius 1 is 1.06 bits per heavy atom. The van der Waals surface area contributed by atoms with Crippen LogP contribution in [0.5, 0.6) is 5.75 Å². The first-order valence-electron chi connectivity index (χ1n) is 5.63. The average molecular weight is 223 g/mol. The van der Waals surface area contributed by atoms with Crippen molar-refractivity contribution in [1.29, 1.82) is 0 Å². The summed E-state index contributed by atoms with van der Waals surface area (Å²) in [7, 11) is 0. The van der Waals surface area contributed by atoms with E-state index in [4.69, 9.17) is 14.8 Å². The SMILES string of the molecule is CCCCCCOc1ccccc1.O[B]O. The minimum atomic E-state index is 0. The largest absolute Gasteiger partial charge is 0.494 e. The van der Waals surface area contributed by atoms with E-state index in [1.807, 2.05) is 30.3 Å². The maximum atomic E-state index is 7.00. The Labute approximate surface area is 98.4 Å². The smallest absolute Gasteiger partial charge is 0.482 e. The molecule has 1 rings (SSSR count). The predicted molar refractivity (Wildman–Crippen MR) is 66.3 cm³/mol. The first kappa shape index (κ1) is 15.0. The number of unbranched alkanes of at least 4 members (excludes halogenated alkanes) is 3. The third-order valence-electron chi connectivity index (χ3n) is 2.01. The summed E-state index contributed by atoms with van der Waals surface area (Å²) in [5, 5.41) is 14.0. The highest BCUT2D eigenvalue weighted by Crippen LogP contribution is 2.09. The van der Waals surface area contributed by atoms with E-state index in [1.54, 1.807) is 0 Å². The lowest BCUT2D eigenvalue weighted by atomic mass is 10.2. The van der Waals surface area contributed by atoms with Gasteiger partial charge in [-0.15, -0.1) is 0 Å². The number of ether oxygens (including phenoxy) is 1. The average Bonchev–Trinajstić information content (AvgIpc) is 2.31. The highest BCUT2D eigenvalue weighted by molar-refractivity contribution is 6.13. The molecule has 1 radical (unpaired) electrons. The summed E-state index contributed by atoms with van der Waals surface area (Å²) >= 11 is 0. The highest BCUT2D eigenvalue weighted by atomic mass is 16.5. The summed E-state index contributed by atoms with van der Waals surface area (Å²) in [6.07, 6.45) is 5.05. The van der Waals surface area contributed by atoms with Crippen LogP contribution in [0.15, 0.2) is 30.3 Å². The van der Waals surface area contributed by atoms with Gasteiger partial charge in [-0.3, -0.25) is 0 Å². The molecular weight excluding hydrogens is 203 g/mol. The summed E-state index contributed by atoms with van der Waals surface area (Å²) in [6, 6.07) is 10.0. The van der Waals surface area contributed by atoms with Gasteiger partial charge in [0.2, 0.25) is 0 Å². The zero-order chi connectivity index (χ0) is 12.1. The van der Waals surface area contributed by atoms with Crippen LogP contribution in [0.1, 0.15) is 32.6 Å². The molecule has 0 aliphatic carbocycles. The number of hydrogen-bond acceptors (Lipinski definition) is 3. The molecule has 4 heteroatoms. The van der Waals surface area contributed by atoms with Gasteiger partial charge in [0.15, 0.2) is 0 Å². The highest BCUT2D eigenvalue weighted by Gasteiger charge is 1.90. The van der Waals surface area contributed by atoms with Crippen molar-refractivity contribution in [1.82, 2.24) is 0 Å². The molecule has 1 aromatic carbocycles. The Bertz CT molecular complexity index is 229. The zero-order valence-corrected chi connectivity index (χ0v) is 9.80. The van der Waals surface area contributed by atoms with Crippen LogP contribution >= 0.6 is 0 Å². The Kier molecular flexibility index (Phi) is 11.3. The molecule has 0 fully saturated rings. The van der Waals surface area contributed by atoms with Crippen LogP contribution in [0.2, 0.25) is 0 Å². The molecule has 2 N–H and O–H groups in total. The van der Waals surface area contributed by atoms with Gasteiger partial charge in [-0.05, 0) is 18.6 Å². The summed E-state index contributed by atoms with van der Waals surface area (Å²) in [5.41, 5.74) is 0. The van der Waals surface area contributed by atoms with E-state index >= 15 is 0 Å². The molecule has 0 atom stereocenters. The molecule has 0 saturated heterocycles. The van der Waals surface area contributed by atoms with Gasteiger partial charge >= 0.3 is 7.69 Å². The van der Waals surface area contributed by atoms with Gasteiger partial charge in [0.05, 0.1) is 6.61 Å². The molecule has 0 spiro atoms. The van der Waals surface area contributed by atoms with Crippen LogP contribution in [0.3, 0.4) is 0 Å². The second kappa shape index (κ2) is 12.1. The van der Waals surface area contributed by atoms with Crippen molar-refractivity contribution in [3.8, 4) is 5.75 Å². The van der Waals surface area contributed by atoms with E-state index in [9.17, 15) is 0 Å². The van der Waals surface area contributed by atoms with Crippen molar-refractivity contribution in [2.45, 2.75) is 32.6 Å². The fraction of sp³-hybridized carbons (Fsp3) is 0.500. The Morgan fingerprint density at radius 3 is 2.25 bits per heavy atom. The van der Waals surface area contributed by atoms with E-state index in [-0.39, 0.29) is 7.69 Å². The fourth-order valence-corrected chi connectivity index (χ4v) is 1.24. The third kappa shape index (κ3) is 9.56. The van der Waals surface area contributed by atoms with E-state index in [1.165, 1.54) is 25.7 Å². The third-order valence-corrected chi connectivity index (χ3v) is 2.01. The van der Waals surface area contributed by atoms with Crippen LogP contribution in [0, 0.1) is 0 Å². The van der Waals surface area contributed by atoms with E-state index in [0.29, 0.717) is 0 Å². The molecule has 0 bridgehead atoms. The topological polar surface area (TPSA) is 49.7 Å². The molecule has 0 aliphatic rings. The van der Waals surface area contributed by atoms with Crippen LogP contribution < -0.4 is 4.74 Å². The second-order valence-corrected chi connectivity index (χ2v) is 3.34. The molecular formula is C12H20BO3. The minimum Gasteiger partial charge on any atom is -0.494 e. The Hall–Kier alpha value is -0.995. The number of hydrogen-bond donors (Lipinski definition) is 2. The van der Waals surface area contributed by atoms with Gasteiger partial charge in [-0.2, -0.15) is 0 Å². The van der Waals surface area contributed by atoms with Gasteiger partial charge in [-0.25, -0.2) is 0 Å². The Balaban J connectivity index is 0.000000673. The normalized spacial score (nSPS) is 8.94. The monoisotopic (exact) mass is 223 g/mol. The van der Waals surface area contributed by atoms with E-state index in [2.05, 4.69) is 6.92 Å². The summed E-state index contributed by atoms with van der Waals surface area (Å²) in [6.45, 7) is 3.07. The van der Waals surface area contributed by atoms with Gasteiger partial charge in [0, 0.05) is 0 Å². The summed E-state index contributed by atoms with van der Waals surface area (Å²) in [4.78, 5) is 0. The molecule has 1 aromatic rings. The van der Waals surface area contributed by atoms with E-state index < -0.39 is 0 Å². The first-order valence-corrected chi connectivity index (χ1v) is 5.63. The molecule has 0 heterocycles. The molecule has 0 aliphatic heterocycles. The maximum absolute atomic E-state index is 7.00. The van der Waals surface area contributed by atoms with Gasteiger partial charge < -0.3 is 14.8 Å². The van der Waals surface area contributed by atoms with Crippen molar-refractivity contribution >= 4 is 7.69 Å². The number of benzene rings is 1. The zero-order valence-electron chi connectivity index (χ0n) is 9.80. The molecule has 3 nitrogen and oxygen atoms in total. The molecule has 0 amide bonds. The minimum absolute atomic E-state index is 0. The summed E-state index contributed by atoms with van der Waals surface area (Å²) in [5.74, 6) is 0.985.